The van der Waals surface area contributed by atoms with E-state index in [9.17, 15) is 10.2 Å². The summed E-state index contributed by atoms with van der Waals surface area (Å²) in [6.07, 6.45) is 3.32. The highest BCUT2D eigenvalue weighted by molar-refractivity contribution is 5.31. The quantitative estimate of drug-likeness (QED) is 0.544. The molecule has 152 valence electrons. The topological polar surface area (TPSA) is 77.4 Å². The zero-order valence-corrected chi connectivity index (χ0v) is 16.3. The Labute approximate surface area is 165 Å². The molecular weight excluding hydrogens is 360 g/mol. The number of hydrogen-bond acceptors (Lipinski definition) is 6. The molecule has 0 radical (unpaired) electrons. The second kappa shape index (κ2) is 11.9. The molecule has 0 aromatic heterocycles. The van der Waals surface area contributed by atoms with Crippen LogP contribution in [0.1, 0.15) is 12.8 Å². The fourth-order valence-electron chi connectivity index (χ4n) is 2.37. The maximum Gasteiger partial charge on any atom is 0.119 e. The van der Waals surface area contributed by atoms with Gasteiger partial charge in [-0.2, -0.15) is 0 Å². The highest BCUT2D eigenvalue weighted by Crippen LogP contribution is 2.18. The van der Waals surface area contributed by atoms with Crippen molar-refractivity contribution in [2.75, 3.05) is 27.4 Å². The smallest absolute Gasteiger partial charge is 0.119 e. The van der Waals surface area contributed by atoms with Gasteiger partial charge in [0.25, 0.3) is 0 Å². The fraction of sp³-hybridized carbons (Fsp3) is 0.364. The summed E-state index contributed by atoms with van der Waals surface area (Å²) in [5, 5.41) is 19.9. The van der Waals surface area contributed by atoms with E-state index < -0.39 is 12.2 Å². The Balaban J connectivity index is 1.60. The van der Waals surface area contributed by atoms with Gasteiger partial charge in [-0.25, -0.2) is 0 Å². The molecule has 2 aromatic rings. The van der Waals surface area contributed by atoms with E-state index in [1.54, 1.807) is 62.8 Å². The van der Waals surface area contributed by atoms with E-state index >= 15 is 0 Å². The summed E-state index contributed by atoms with van der Waals surface area (Å²) in [7, 11) is 3.21. The van der Waals surface area contributed by atoms with E-state index in [4.69, 9.17) is 18.9 Å². The van der Waals surface area contributed by atoms with Gasteiger partial charge in [-0.05, 0) is 61.4 Å². The van der Waals surface area contributed by atoms with Gasteiger partial charge in [0.15, 0.2) is 0 Å². The number of aliphatic hydroxyl groups is 2. The third-order valence-corrected chi connectivity index (χ3v) is 3.99. The molecule has 2 atom stereocenters. The number of methoxy groups -OCH3 is 2. The van der Waals surface area contributed by atoms with Crippen LogP contribution in [0.3, 0.4) is 0 Å². The molecule has 0 fully saturated rings. The van der Waals surface area contributed by atoms with Crippen molar-refractivity contribution in [2.45, 2.75) is 25.0 Å². The van der Waals surface area contributed by atoms with Crippen molar-refractivity contribution >= 4 is 0 Å². The molecule has 6 heteroatoms. The summed E-state index contributed by atoms with van der Waals surface area (Å²) in [5.41, 5.74) is 0. The van der Waals surface area contributed by atoms with E-state index in [1.807, 2.05) is 12.2 Å². The van der Waals surface area contributed by atoms with Gasteiger partial charge in [0, 0.05) is 0 Å². The maximum absolute atomic E-state index is 9.97. The third kappa shape index (κ3) is 7.90. The van der Waals surface area contributed by atoms with Crippen molar-refractivity contribution in [2.24, 2.45) is 0 Å². The molecule has 0 heterocycles. The molecule has 2 aromatic carbocycles. The van der Waals surface area contributed by atoms with Gasteiger partial charge < -0.3 is 29.2 Å². The Morgan fingerprint density at radius 1 is 0.643 bits per heavy atom. The Morgan fingerprint density at radius 3 is 1.29 bits per heavy atom. The standard InChI is InChI=1S/C22H28O6/c1-25-19-7-11-21(12-8-19)27-15-17(23)5-3-4-6-18(24)16-28-22-13-9-20(26-2)10-14-22/h3-4,7-14,17-18,23-24H,5-6,15-16H2,1-2H3/b4-3-/t17-,18-/m1/s1. The lowest BCUT2D eigenvalue weighted by Crippen LogP contribution is -2.17. The Morgan fingerprint density at radius 2 is 0.964 bits per heavy atom. The molecule has 0 saturated heterocycles. The zero-order valence-electron chi connectivity index (χ0n) is 16.3. The Bertz CT molecular complexity index is 634. The van der Waals surface area contributed by atoms with Crippen LogP contribution >= 0.6 is 0 Å². The van der Waals surface area contributed by atoms with Gasteiger partial charge in [-0.3, -0.25) is 0 Å². The van der Waals surface area contributed by atoms with Gasteiger partial charge in [-0.1, -0.05) is 12.2 Å². The highest BCUT2D eigenvalue weighted by Gasteiger charge is 2.06. The van der Waals surface area contributed by atoms with Crippen molar-refractivity contribution in [1.82, 2.24) is 0 Å². The van der Waals surface area contributed by atoms with E-state index in [1.165, 1.54) is 0 Å². The van der Waals surface area contributed by atoms with Crippen molar-refractivity contribution in [3.63, 3.8) is 0 Å². The van der Waals surface area contributed by atoms with Crippen molar-refractivity contribution in [1.29, 1.82) is 0 Å². The van der Waals surface area contributed by atoms with E-state index in [0.29, 0.717) is 24.3 Å². The average Bonchev–Trinajstić information content (AvgIpc) is 2.74. The lowest BCUT2D eigenvalue weighted by molar-refractivity contribution is 0.106. The predicted octanol–water partition coefficient (Wildman–Crippen LogP) is 3.22. The monoisotopic (exact) mass is 388 g/mol. The fourth-order valence-corrected chi connectivity index (χ4v) is 2.37. The van der Waals surface area contributed by atoms with Crippen LogP contribution in [0.4, 0.5) is 0 Å². The van der Waals surface area contributed by atoms with Crippen LogP contribution in [0.2, 0.25) is 0 Å². The molecule has 0 aliphatic rings. The van der Waals surface area contributed by atoms with Crippen LogP contribution in [0.5, 0.6) is 23.0 Å². The minimum atomic E-state index is -0.619. The van der Waals surface area contributed by atoms with Gasteiger partial charge >= 0.3 is 0 Å². The van der Waals surface area contributed by atoms with E-state index in [0.717, 1.165) is 11.5 Å². The second-order valence-electron chi connectivity index (χ2n) is 6.22. The van der Waals surface area contributed by atoms with Crippen molar-refractivity contribution in [3.05, 3.63) is 60.7 Å². The number of hydrogen-bond donors (Lipinski definition) is 2. The van der Waals surface area contributed by atoms with Crippen molar-refractivity contribution in [3.8, 4) is 23.0 Å². The van der Waals surface area contributed by atoms with Crippen LogP contribution in [-0.4, -0.2) is 49.9 Å². The van der Waals surface area contributed by atoms with Gasteiger partial charge in [0.1, 0.15) is 36.2 Å². The molecule has 0 bridgehead atoms. The second-order valence-corrected chi connectivity index (χ2v) is 6.22. The van der Waals surface area contributed by atoms with Crippen LogP contribution in [-0.2, 0) is 0 Å². The molecule has 0 spiro atoms. The summed E-state index contributed by atoms with van der Waals surface area (Å²) in [6.45, 7) is 0.388. The van der Waals surface area contributed by atoms with Crippen LogP contribution in [0.25, 0.3) is 0 Å². The summed E-state index contributed by atoms with van der Waals surface area (Å²) >= 11 is 0. The van der Waals surface area contributed by atoms with Gasteiger partial charge in [0.2, 0.25) is 0 Å². The molecule has 0 aliphatic carbocycles. The predicted molar refractivity (Wildman–Crippen MR) is 107 cm³/mol. The summed E-state index contributed by atoms with van der Waals surface area (Å²) in [5.74, 6) is 2.86. The van der Waals surface area contributed by atoms with E-state index in [-0.39, 0.29) is 13.2 Å². The molecule has 0 amide bonds. The number of rotatable bonds is 12. The molecule has 0 unspecified atom stereocenters. The van der Waals surface area contributed by atoms with Crippen LogP contribution in [0.15, 0.2) is 60.7 Å². The average molecular weight is 388 g/mol. The van der Waals surface area contributed by atoms with Crippen molar-refractivity contribution < 1.29 is 29.2 Å². The largest absolute Gasteiger partial charge is 0.497 e. The maximum atomic E-state index is 9.97. The number of aliphatic hydroxyl groups excluding tert-OH is 2. The number of benzene rings is 2. The molecular formula is C22H28O6. The molecule has 28 heavy (non-hydrogen) atoms. The van der Waals surface area contributed by atoms with Gasteiger partial charge in [-0.15, -0.1) is 0 Å². The highest BCUT2D eigenvalue weighted by atomic mass is 16.5. The molecule has 6 nitrogen and oxygen atoms in total. The molecule has 2 rings (SSSR count). The normalized spacial score (nSPS) is 13.1. The lowest BCUT2D eigenvalue weighted by atomic mass is 10.2. The Hall–Kier alpha value is -2.70. The first-order valence-electron chi connectivity index (χ1n) is 9.15. The molecule has 2 N–H and O–H groups in total. The lowest BCUT2D eigenvalue weighted by Gasteiger charge is -2.12. The summed E-state index contributed by atoms with van der Waals surface area (Å²) in [4.78, 5) is 0. The molecule has 0 aliphatic heterocycles. The Kier molecular flexibility index (Phi) is 9.18. The first-order valence-corrected chi connectivity index (χ1v) is 9.15. The molecule has 0 saturated carbocycles. The first kappa shape index (κ1) is 21.6. The minimum absolute atomic E-state index is 0.194. The van der Waals surface area contributed by atoms with Gasteiger partial charge in [0.05, 0.1) is 26.4 Å². The summed E-state index contributed by atoms with van der Waals surface area (Å²) < 4.78 is 21.2. The van der Waals surface area contributed by atoms with E-state index in [2.05, 4.69) is 0 Å². The zero-order chi connectivity index (χ0) is 20.2. The van der Waals surface area contributed by atoms with Crippen LogP contribution in [0, 0.1) is 0 Å². The SMILES string of the molecule is COc1ccc(OC[C@H](O)C/C=C\C[C@@H](O)COc2ccc(OC)cc2)cc1. The minimum Gasteiger partial charge on any atom is -0.497 e. The third-order valence-electron chi connectivity index (χ3n) is 3.99. The number of ether oxygens (including phenoxy) is 4. The summed E-state index contributed by atoms with van der Waals surface area (Å²) in [6, 6.07) is 14.4. The van der Waals surface area contributed by atoms with Crippen LogP contribution < -0.4 is 18.9 Å². The first-order chi connectivity index (χ1) is 13.6.